The number of hydrazone groups is 1. The van der Waals surface area contributed by atoms with Gasteiger partial charge in [-0.1, -0.05) is 18.2 Å². The van der Waals surface area contributed by atoms with Crippen LogP contribution in [-0.2, 0) is 0 Å². The summed E-state index contributed by atoms with van der Waals surface area (Å²) < 4.78 is 5.30. The molecule has 0 N–H and O–H groups in total. The maximum absolute atomic E-state index is 5.30. The molecular formula is C18H21N3O. The lowest BCUT2D eigenvalue weighted by Crippen LogP contribution is -2.44. The fourth-order valence-corrected chi connectivity index (χ4v) is 2.52. The molecule has 0 atom stereocenters. The highest BCUT2D eigenvalue weighted by molar-refractivity contribution is 5.83. The summed E-state index contributed by atoms with van der Waals surface area (Å²) in [5.41, 5.74) is 2.38. The molecule has 114 valence electrons. The van der Waals surface area contributed by atoms with Crippen LogP contribution in [0, 0.1) is 0 Å². The molecule has 1 aromatic heterocycles. The Hall–Kier alpha value is -2.49. The molecule has 1 saturated heterocycles. The van der Waals surface area contributed by atoms with Crippen molar-refractivity contribution in [2.75, 3.05) is 31.1 Å². The molecule has 1 aromatic carbocycles. The average Bonchev–Trinajstić information content (AvgIpc) is 3.07. The maximum atomic E-state index is 5.30. The van der Waals surface area contributed by atoms with Gasteiger partial charge in [0.15, 0.2) is 0 Å². The number of hydrogen-bond donors (Lipinski definition) is 0. The predicted octanol–water partition coefficient (Wildman–Crippen LogP) is 3.49. The standard InChI is InChI=1S/C18H21N3O/c1-16(14-18-8-5-13-22-18)15-19-21-11-9-20(10-12-21)17-6-3-2-4-7-17/h2-8,13-15H,9-12H2,1H3. The van der Waals surface area contributed by atoms with Crippen LogP contribution in [0.3, 0.4) is 0 Å². The molecule has 0 bridgehead atoms. The van der Waals surface area contributed by atoms with Crippen LogP contribution in [-0.4, -0.2) is 37.4 Å². The van der Waals surface area contributed by atoms with E-state index in [1.165, 1.54) is 5.69 Å². The first-order chi connectivity index (χ1) is 10.8. The van der Waals surface area contributed by atoms with Crippen LogP contribution in [0.5, 0.6) is 0 Å². The summed E-state index contributed by atoms with van der Waals surface area (Å²) in [6, 6.07) is 14.4. The number of benzene rings is 1. The molecule has 0 radical (unpaired) electrons. The minimum atomic E-state index is 0.859. The SMILES string of the molecule is CC(C=NN1CCN(c2ccccc2)CC1)=Cc1ccco1. The predicted molar refractivity (Wildman–Crippen MR) is 91.1 cm³/mol. The summed E-state index contributed by atoms with van der Waals surface area (Å²) in [6.45, 7) is 5.93. The van der Waals surface area contributed by atoms with Crippen LogP contribution in [0.4, 0.5) is 5.69 Å². The molecule has 1 aliphatic heterocycles. The summed E-state index contributed by atoms with van der Waals surface area (Å²) in [5, 5.41) is 6.69. The van der Waals surface area contributed by atoms with Gasteiger partial charge < -0.3 is 9.32 Å². The third kappa shape index (κ3) is 3.79. The van der Waals surface area contributed by atoms with Gasteiger partial charge in [-0.3, -0.25) is 5.01 Å². The van der Waals surface area contributed by atoms with Gasteiger partial charge in [-0.15, -0.1) is 0 Å². The molecule has 2 aromatic rings. The van der Waals surface area contributed by atoms with Gasteiger partial charge in [0.2, 0.25) is 0 Å². The maximum Gasteiger partial charge on any atom is 0.126 e. The normalized spacial score (nSPS) is 16.5. The summed E-state index contributed by atoms with van der Waals surface area (Å²) in [5.74, 6) is 0.859. The zero-order valence-electron chi connectivity index (χ0n) is 12.9. The van der Waals surface area contributed by atoms with Crippen LogP contribution < -0.4 is 4.90 Å². The zero-order chi connectivity index (χ0) is 15.2. The van der Waals surface area contributed by atoms with Crippen LogP contribution in [0.2, 0.25) is 0 Å². The van der Waals surface area contributed by atoms with Crippen molar-refractivity contribution in [3.63, 3.8) is 0 Å². The Morgan fingerprint density at radius 1 is 1.05 bits per heavy atom. The average molecular weight is 295 g/mol. The summed E-state index contributed by atoms with van der Waals surface area (Å²) in [4.78, 5) is 2.40. The van der Waals surface area contributed by atoms with Gasteiger partial charge in [0.25, 0.3) is 0 Å². The molecule has 22 heavy (non-hydrogen) atoms. The fraction of sp³-hybridized carbons (Fsp3) is 0.278. The lowest BCUT2D eigenvalue weighted by atomic mass is 10.2. The monoisotopic (exact) mass is 295 g/mol. The third-order valence-electron chi connectivity index (χ3n) is 3.72. The first-order valence-corrected chi connectivity index (χ1v) is 7.62. The van der Waals surface area contributed by atoms with E-state index < -0.39 is 0 Å². The lowest BCUT2D eigenvalue weighted by molar-refractivity contribution is 0.272. The van der Waals surface area contributed by atoms with E-state index in [0.717, 1.165) is 37.5 Å². The van der Waals surface area contributed by atoms with E-state index >= 15 is 0 Å². The highest BCUT2D eigenvalue weighted by Gasteiger charge is 2.15. The summed E-state index contributed by atoms with van der Waals surface area (Å²) in [6.07, 6.45) is 5.57. The molecule has 1 aliphatic rings. The molecule has 4 nitrogen and oxygen atoms in total. The minimum absolute atomic E-state index is 0.859. The second-order valence-corrected chi connectivity index (χ2v) is 5.42. The Morgan fingerprint density at radius 3 is 2.50 bits per heavy atom. The Labute approximate surface area is 131 Å². The first-order valence-electron chi connectivity index (χ1n) is 7.62. The van der Waals surface area contributed by atoms with Crippen molar-refractivity contribution in [3.05, 3.63) is 60.1 Å². The smallest absolute Gasteiger partial charge is 0.126 e. The highest BCUT2D eigenvalue weighted by atomic mass is 16.3. The fourth-order valence-electron chi connectivity index (χ4n) is 2.52. The molecule has 1 fully saturated rings. The molecule has 2 heterocycles. The number of rotatable bonds is 4. The number of allylic oxidation sites excluding steroid dienone is 1. The van der Waals surface area contributed by atoms with Crippen molar-refractivity contribution in [2.45, 2.75) is 6.92 Å². The van der Waals surface area contributed by atoms with E-state index in [9.17, 15) is 0 Å². The quantitative estimate of drug-likeness (QED) is 0.809. The van der Waals surface area contributed by atoms with Crippen molar-refractivity contribution in [2.24, 2.45) is 5.10 Å². The van der Waals surface area contributed by atoms with Crippen LogP contribution in [0.15, 0.2) is 63.8 Å². The van der Waals surface area contributed by atoms with Crippen molar-refractivity contribution in [1.82, 2.24) is 5.01 Å². The zero-order valence-corrected chi connectivity index (χ0v) is 12.9. The van der Waals surface area contributed by atoms with Gasteiger partial charge in [-0.25, -0.2) is 0 Å². The molecule has 0 unspecified atom stereocenters. The van der Waals surface area contributed by atoms with Crippen molar-refractivity contribution in [1.29, 1.82) is 0 Å². The van der Waals surface area contributed by atoms with E-state index in [1.54, 1.807) is 6.26 Å². The van der Waals surface area contributed by atoms with Crippen LogP contribution >= 0.6 is 0 Å². The number of nitrogens with zero attached hydrogens (tertiary/aromatic N) is 3. The van der Waals surface area contributed by atoms with Gasteiger partial charge in [-0.2, -0.15) is 5.10 Å². The van der Waals surface area contributed by atoms with E-state index in [4.69, 9.17) is 4.42 Å². The second-order valence-electron chi connectivity index (χ2n) is 5.42. The number of piperazine rings is 1. The number of anilines is 1. The van der Waals surface area contributed by atoms with Gasteiger partial charge in [0.05, 0.1) is 25.6 Å². The Kier molecular flexibility index (Phi) is 4.59. The van der Waals surface area contributed by atoms with Gasteiger partial charge >= 0.3 is 0 Å². The highest BCUT2D eigenvalue weighted by Crippen LogP contribution is 2.15. The molecule has 0 spiro atoms. The van der Waals surface area contributed by atoms with E-state index in [0.29, 0.717) is 0 Å². The number of para-hydroxylation sites is 1. The Bertz CT molecular complexity index is 624. The number of furan rings is 1. The van der Waals surface area contributed by atoms with E-state index in [1.807, 2.05) is 31.3 Å². The molecular weight excluding hydrogens is 274 g/mol. The van der Waals surface area contributed by atoms with E-state index in [2.05, 4.69) is 45.3 Å². The Balaban J connectivity index is 1.52. The Morgan fingerprint density at radius 2 is 1.82 bits per heavy atom. The first kappa shape index (κ1) is 14.4. The number of hydrogen-bond acceptors (Lipinski definition) is 4. The largest absolute Gasteiger partial charge is 0.465 e. The molecule has 0 amide bonds. The van der Waals surface area contributed by atoms with Crippen LogP contribution in [0.25, 0.3) is 6.08 Å². The van der Waals surface area contributed by atoms with E-state index in [-0.39, 0.29) is 0 Å². The molecule has 4 heteroatoms. The molecule has 3 rings (SSSR count). The van der Waals surface area contributed by atoms with Crippen molar-refractivity contribution >= 4 is 18.0 Å². The van der Waals surface area contributed by atoms with Gasteiger partial charge in [0.1, 0.15) is 5.76 Å². The van der Waals surface area contributed by atoms with Crippen molar-refractivity contribution < 1.29 is 4.42 Å². The van der Waals surface area contributed by atoms with Gasteiger partial charge in [-0.05, 0) is 42.8 Å². The topological polar surface area (TPSA) is 32.0 Å². The lowest BCUT2D eigenvalue weighted by Gasteiger charge is -2.34. The third-order valence-corrected chi connectivity index (χ3v) is 3.72. The molecule has 0 saturated carbocycles. The van der Waals surface area contributed by atoms with Crippen molar-refractivity contribution in [3.8, 4) is 0 Å². The van der Waals surface area contributed by atoms with Gasteiger partial charge in [0, 0.05) is 18.8 Å². The second kappa shape index (κ2) is 6.98. The van der Waals surface area contributed by atoms with Crippen LogP contribution in [0.1, 0.15) is 12.7 Å². The summed E-state index contributed by atoms with van der Waals surface area (Å²) >= 11 is 0. The minimum Gasteiger partial charge on any atom is -0.465 e. The summed E-state index contributed by atoms with van der Waals surface area (Å²) in [7, 11) is 0. The molecule has 0 aliphatic carbocycles.